The lowest BCUT2D eigenvalue weighted by atomic mass is 10.3. The number of aromatic nitrogens is 3. The Hall–Kier alpha value is -2.27. The molecule has 90 valence electrons. The SMILES string of the molecule is Oc1cc(O)c(-n2nc3ccccc3n2)cc1Cl. The Balaban J connectivity index is 2.22. The number of fused-ring (bicyclic) bond motifs is 1. The quantitative estimate of drug-likeness (QED) is 0.706. The van der Waals surface area contributed by atoms with Gasteiger partial charge in [0.1, 0.15) is 28.2 Å². The van der Waals surface area contributed by atoms with Crippen molar-refractivity contribution in [2.75, 3.05) is 0 Å². The predicted molar refractivity (Wildman–Crippen MR) is 67.2 cm³/mol. The minimum absolute atomic E-state index is 0.129. The second kappa shape index (κ2) is 3.89. The lowest BCUT2D eigenvalue weighted by Crippen LogP contribution is -1.98. The van der Waals surface area contributed by atoms with Crippen LogP contribution < -0.4 is 0 Å². The number of hydrogen-bond acceptors (Lipinski definition) is 4. The third-order valence-corrected chi connectivity index (χ3v) is 2.85. The summed E-state index contributed by atoms with van der Waals surface area (Å²) in [5, 5.41) is 27.7. The van der Waals surface area contributed by atoms with Crippen molar-refractivity contribution >= 4 is 22.6 Å². The normalized spacial score (nSPS) is 10.9. The highest BCUT2D eigenvalue weighted by atomic mass is 35.5. The summed E-state index contributed by atoms with van der Waals surface area (Å²) in [6.45, 7) is 0. The summed E-state index contributed by atoms with van der Waals surface area (Å²) in [7, 11) is 0. The van der Waals surface area contributed by atoms with E-state index in [1.807, 2.05) is 24.3 Å². The van der Waals surface area contributed by atoms with Crippen molar-refractivity contribution in [2.24, 2.45) is 0 Å². The Kier molecular flexibility index (Phi) is 2.34. The van der Waals surface area contributed by atoms with E-state index in [-0.39, 0.29) is 16.5 Å². The molecule has 18 heavy (non-hydrogen) atoms. The zero-order valence-electron chi connectivity index (χ0n) is 9.08. The third-order valence-electron chi connectivity index (χ3n) is 2.55. The van der Waals surface area contributed by atoms with Crippen LogP contribution in [0.4, 0.5) is 0 Å². The molecule has 3 rings (SSSR count). The Bertz CT molecular complexity index is 706. The standard InChI is InChI=1S/C12H8ClN3O2/c13-7-5-10(12(18)6-11(7)17)16-14-8-3-1-2-4-9(8)15-16/h1-6,17-18H. The van der Waals surface area contributed by atoms with Crippen LogP contribution in [0, 0.1) is 0 Å². The number of hydrogen-bond donors (Lipinski definition) is 2. The first-order chi connectivity index (χ1) is 8.65. The Morgan fingerprint density at radius 1 is 0.944 bits per heavy atom. The van der Waals surface area contributed by atoms with E-state index in [0.29, 0.717) is 16.7 Å². The molecule has 2 aromatic carbocycles. The summed E-state index contributed by atoms with van der Waals surface area (Å²) in [5.74, 6) is -0.327. The molecule has 0 atom stereocenters. The van der Waals surface area contributed by atoms with Crippen molar-refractivity contribution in [3.8, 4) is 17.2 Å². The van der Waals surface area contributed by atoms with Gasteiger partial charge in [0, 0.05) is 6.07 Å². The number of halogens is 1. The molecule has 0 saturated carbocycles. The number of benzene rings is 2. The highest BCUT2D eigenvalue weighted by molar-refractivity contribution is 6.32. The molecule has 0 aliphatic carbocycles. The van der Waals surface area contributed by atoms with Gasteiger partial charge in [0.05, 0.1) is 5.02 Å². The first-order valence-electron chi connectivity index (χ1n) is 5.19. The fourth-order valence-electron chi connectivity index (χ4n) is 1.67. The zero-order chi connectivity index (χ0) is 12.7. The van der Waals surface area contributed by atoms with E-state index in [4.69, 9.17) is 11.6 Å². The molecule has 0 spiro atoms. The van der Waals surface area contributed by atoms with Crippen LogP contribution in [-0.4, -0.2) is 25.2 Å². The largest absolute Gasteiger partial charge is 0.506 e. The van der Waals surface area contributed by atoms with Crippen molar-refractivity contribution in [1.82, 2.24) is 15.0 Å². The number of phenolic OH excluding ortho intramolecular Hbond substituents is 2. The molecule has 6 heteroatoms. The van der Waals surface area contributed by atoms with E-state index >= 15 is 0 Å². The number of phenols is 2. The van der Waals surface area contributed by atoms with Crippen molar-refractivity contribution in [1.29, 1.82) is 0 Å². The Morgan fingerprint density at radius 2 is 1.56 bits per heavy atom. The summed E-state index contributed by atoms with van der Waals surface area (Å²) in [5.41, 5.74) is 1.73. The van der Waals surface area contributed by atoms with E-state index in [2.05, 4.69) is 10.2 Å². The summed E-state index contributed by atoms with van der Waals surface area (Å²) in [6, 6.07) is 9.91. The fourth-order valence-corrected chi connectivity index (χ4v) is 1.83. The van der Waals surface area contributed by atoms with Gasteiger partial charge in [0.25, 0.3) is 0 Å². The molecular formula is C12H8ClN3O2. The summed E-state index contributed by atoms with van der Waals surface area (Å²) in [4.78, 5) is 1.28. The maximum atomic E-state index is 9.77. The zero-order valence-corrected chi connectivity index (χ0v) is 9.83. The van der Waals surface area contributed by atoms with E-state index in [9.17, 15) is 10.2 Å². The molecule has 0 amide bonds. The second-order valence-corrected chi connectivity index (χ2v) is 4.18. The van der Waals surface area contributed by atoms with Crippen LogP contribution in [0.15, 0.2) is 36.4 Å². The Morgan fingerprint density at radius 3 is 2.17 bits per heavy atom. The maximum absolute atomic E-state index is 9.77. The molecule has 0 fully saturated rings. The number of rotatable bonds is 1. The Labute approximate surface area is 107 Å². The van der Waals surface area contributed by atoms with Gasteiger partial charge in [-0.2, -0.15) is 0 Å². The van der Waals surface area contributed by atoms with E-state index in [1.54, 1.807) is 0 Å². The molecule has 3 aromatic rings. The van der Waals surface area contributed by atoms with Gasteiger partial charge >= 0.3 is 0 Å². The van der Waals surface area contributed by atoms with Gasteiger partial charge in [-0.1, -0.05) is 23.7 Å². The molecule has 1 aromatic heterocycles. The highest BCUT2D eigenvalue weighted by Crippen LogP contribution is 2.32. The minimum Gasteiger partial charge on any atom is -0.506 e. The van der Waals surface area contributed by atoms with Gasteiger partial charge in [-0.15, -0.1) is 15.0 Å². The van der Waals surface area contributed by atoms with E-state index in [0.717, 1.165) is 6.07 Å². The molecule has 0 radical (unpaired) electrons. The summed E-state index contributed by atoms with van der Waals surface area (Å²) >= 11 is 5.80. The highest BCUT2D eigenvalue weighted by Gasteiger charge is 2.11. The van der Waals surface area contributed by atoms with E-state index in [1.165, 1.54) is 10.9 Å². The molecule has 2 N–H and O–H groups in total. The second-order valence-electron chi connectivity index (χ2n) is 3.77. The van der Waals surface area contributed by atoms with Crippen LogP contribution >= 0.6 is 11.6 Å². The molecule has 5 nitrogen and oxygen atoms in total. The molecule has 1 heterocycles. The van der Waals surface area contributed by atoms with Gasteiger partial charge in [-0.3, -0.25) is 0 Å². The molecule has 0 aliphatic rings. The molecule has 0 bridgehead atoms. The average molecular weight is 262 g/mol. The fraction of sp³-hybridized carbons (Fsp3) is 0. The molecule has 0 saturated heterocycles. The summed E-state index contributed by atoms with van der Waals surface area (Å²) in [6.07, 6.45) is 0. The first kappa shape index (κ1) is 10.9. The van der Waals surface area contributed by atoms with Crippen LogP contribution in [0.3, 0.4) is 0 Å². The van der Waals surface area contributed by atoms with Crippen LogP contribution in [0.1, 0.15) is 0 Å². The monoisotopic (exact) mass is 261 g/mol. The van der Waals surface area contributed by atoms with Crippen molar-refractivity contribution < 1.29 is 10.2 Å². The first-order valence-corrected chi connectivity index (χ1v) is 5.57. The number of aromatic hydroxyl groups is 2. The molecule has 0 aliphatic heterocycles. The van der Waals surface area contributed by atoms with Crippen LogP contribution in [0.5, 0.6) is 11.5 Å². The summed E-state index contributed by atoms with van der Waals surface area (Å²) < 4.78 is 0. The predicted octanol–water partition coefficient (Wildman–Crippen LogP) is 2.49. The smallest absolute Gasteiger partial charge is 0.146 e. The van der Waals surface area contributed by atoms with Crippen molar-refractivity contribution in [3.05, 3.63) is 41.4 Å². The topological polar surface area (TPSA) is 71.2 Å². The van der Waals surface area contributed by atoms with Gasteiger partial charge in [0.15, 0.2) is 0 Å². The minimum atomic E-state index is -0.186. The van der Waals surface area contributed by atoms with Gasteiger partial charge in [0.2, 0.25) is 0 Å². The average Bonchev–Trinajstić information content (AvgIpc) is 2.77. The number of nitrogens with zero attached hydrogens (tertiary/aromatic N) is 3. The van der Waals surface area contributed by atoms with E-state index < -0.39 is 0 Å². The van der Waals surface area contributed by atoms with Crippen molar-refractivity contribution in [3.63, 3.8) is 0 Å². The van der Waals surface area contributed by atoms with Gasteiger partial charge in [-0.05, 0) is 18.2 Å². The van der Waals surface area contributed by atoms with Crippen LogP contribution in [-0.2, 0) is 0 Å². The molecule has 0 unspecified atom stereocenters. The third kappa shape index (κ3) is 1.65. The van der Waals surface area contributed by atoms with Crippen LogP contribution in [0.2, 0.25) is 5.02 Å². The maximum Gasteiger partial charge on any atom is 0.146 e. The lowest BCUT2D eigenvalue weighted by Gasteiger charge is -2.04. The molecular weight excluding hydrogens is 254 g/mol. The van der Waals surface area contributed by atoms with Crippen molar-refractivity contribution in [2.45, 2.75) is 0 Å². The van der Waals surface area contributed by atoms with Gasteiger partial charge < -0.3 is 10.2 Å². The van der Waals surface area contributed by atoms with Gasteiger partial charge in [-0.25, -0.2) is 0 Å². The van der Waals surface area contributed by atoms with Crippen LogP contribution in [0.25, 0.3) is 16.7 Å². The lowest BCUT2D eigenvalue weighted by molar-refractivity contribution is 0.446.